The van der Waals surface area contributed by atoms with E-state index in [1.165, 1.54) is 24.6 Å². The SMILES string of the molecule is CC(SC(=S)N1CCCC1)C(=O)Nc1ccc2c(c1)OCCO2. The highest BCUT2D eigenvalue weighted by atomic mass is 32.2. The molecule has 0 aromatic heterocycles. The molecule has 2 aliphatic heterocycles. The number of thioether (sulfide) groups is 1. The molecule has 0 bridgehead atoms. The Morgan fingerprint density at radius 2 is 1.96 bits per heavy atom. The lowest BCUT2D eigenvalue weighted by Gasteiger charge is -2.21. The van der Waals surface area contributed by atoms with Crippen LogP contribution in [0, 0.1) is 0 Å². The maximum Gasteiger partial charge on any atom is 0.237 e. The van der Waals surface area contributed by atoms with Crippen molar-refractivity contribution in [2.75, 3.05) is 31.6 Å². The van der Waals surface area contributed by atoms with E-state index in [1.54, 1.807) is 6.07 Å². The molecule has 1 unspecified atom stereocenters. The second kappa shape index (κ2) is 7.40. The number of amides is 1. The number of anilines is 1. The van der Waals surface area contributed by atoms with E-state index in [0.717, 1.165) is 17.4 Å². The van der Waals surface area contributed by atoms with E-state index in [0.29, 0.717) is 30.4 Å². The number of hydrogen-bond donors (Lipinski definition) is 1. The van der Waals surface area contributed by atoms with Crippen molar-refractivity contribution in [1.82, 2.24) is 4.90 Å². The lowest BCUT2D eigenvalue weighted by atomic mass is 10.2. The van der Waals surface area contributed by atoms with Gasteiger partial charge in [-0.2, -0.15) is 0 Å². The Bertz CT molecular complexity index is 603. The van der Waals surface area contributed by atoms with Crippen molar-refractivity contribution < 1.29 is 14.3 Å². The van der Waals surface area contributed by atoms with Gasteiger partial charge in [-0.1, -0.05) is 24.0 Å². The fourth-order valence-corrected chi connectivity index (χ4v) is 3.96. The van der Waals surface area contributed by atoms with Crippen molar-refractivity contribution >= 4 is 39.9 Å². The molecule has 1 fully saturated rings. The van der Waals surface area contributed by atoms with Gasteiger partial charge in [0.05, 0.1) is 5.25 Å². The first-order chi connectivity index (χ1) is 11.1. The second-order valence-electron chi connectivity index (χ2n) is 5.57. The summed E-state index contributed by atoms with van der Waals surface area (Å²) < 4.78 is 11.8. The Morgan fingerprint density at radius 3 is 2.70 bits per heavy atom. The van der Waals surface area contributed by atoms with Crippen molar-refractivity contribution in [3.05, 3.63) is 18.2 Å². The first-order valence-electron chi connectivity index (χ1n) is 7.79. The number of thiocarbonyl (C=S) groups is 1. The van der Waals surface area contributed by atoms with Crippen LogP contribution in [0.2, 0.25) is 0 Å². The van der Waals surface area contributed by atoms with Crippen LogP contribution in [0.4, 0.5) is 5.69 Å². The first kappa shape index (κ1) is 16.4. The van der Waals surface area contributed by atoms with Crippen LogP contribution in [0.1, 0.15) is 19.8 Å². The molecule has 5 nitrogen and oxygen atoms in total. The van der Waals surface area contributed by atoms with E-state index in [2.05, 4.69) is 10.2 Å². The monoisotopic (exact) mass is 352 g/mol. The fraction of sp³-hybridized carbons (Fsp3) is 0.500. The Hall–Kier alpha value is -1.47. The minimum absolute atomic E-state index is 0.0618. The first-order valence-corrected chi connectivity index (χ1v) is 9.08. The van der Waals surface area contributed by atoms with Gasteiger partial charge >= 0.3 is 0 Å². The van der Waals surface area contributed by atoms with E-state index >= 15 is 0 Å². The summed E-state index contributed by atoms with van der Waals surface area (Å²) in [5, 5.41) is 2.67. The Labute approximate surface area is 145 Å². The number of benzene rings is 1. The third kappa shape index (κ3) is 4.09. The van der Waals surface area contributed by atoms with Gasteiger partial charge in [-0.15, -0.1) is 0 Å². The Balaban J connectivity index is 1.56. The second-order valence-corrected chi connectivity index (χ2v) is 7.54. The molecule has 0 radical (unpaired) electrons. The highest BCUT2D eigenvalue weighted by molar-refractivity contribution is 8.23. The highest BCUT2D eigenvalue weighted by Crippen LogP contribution is 2.32. The molecule has 2 heterocycles. The zero-order chi connectivity index (χ0) is 16.2. The zero-order valence-electron chi connectivity index (χ0n) is 13.0. The van der Waals surface area contributed by atoms with Gasteiger partial charge in [-0.25, -0.2) is 0 Å². The average molecular weight is 352 g/mol. The van der Waals surface area contributed by atoms with Gasteiger partial charge in [-0.05, 0) is 31.9 Å². The topological polar surface area (TPSA) is 50.8 Å². The molecule has 2 aliphatic rings. The van der Waals surface area contributed by atoms with Crippen molar-refractivity contribution in [3.8, 4) is 11.5 Å². The predicted molar refractivity (Wildman–Crippen MR) is 96.5 cm³/mol. The summed E-state index contributed by atoms with van der Waals surface area (Å²) in [6, 6.07) is 5.43. The Kier molecular flexibility index (Phi) is 5.27. The number of carbonyl (C=O) groups is 1. The predicted octanol–water partition coefficient (Wildman–Crippen LogP) is 2.90. The van der Waals surface area contributed by atoms with Crippen molar-refractivity contribution in [1.29, 1.82) is 0 Å². The van der Waals surface area contributed by atoms with E-state index in [9.17, 15) is 4.79 Å². The lowest BCUT2D eigenvalue weighted by molar-refractivity contribution is -0.115. The molecule has 1 atom stereocenters. The summed E-state index contributed by atoms with van der Waals surface area (Å²) in [5.74, 6) is 1.32. The number of rotatable bonds is 3. The summed E-state index contributed by atoms with van der Waals surface area (Å²) >= 11 is 6.87. The molecule has 7 heteroatoms. The highest BCUT2D eigenvalue weighted by Gasteiger charge is 2.22. The van der Waals surface area contributed by atoms with Crippen LogP contribution < -0.4 is 14.8 Å². The number of fused-ring (bicyclic) bond motifs is 1. The molecule has 0 aliphatic carbocycles. The number of nitrogens with zero attached hydrogens (tertiary/aromatic N) is 1. The standard InChI is InChI=1S/C16H20N2O3S2/c1-11(23-16(22)18-6-2-3-7-18)15(19)17-12-4-5-13-14(10-12)21-9-8-20-13/h4-5,10-11H,2-3,6-9H2,1H3,(H,17,19). The summed E-state index contributed by atoms with van der Waals surface area (Å²) in [6.07, 6.45) is 2.36. The maximum absolute atomic E-state index is 12.3. The minimum Gasteiger partial charge on any atom is -0.486 e. The molecule has 0 spiro atoms. The Morgan fingerprint density at radius 1 is 1.26 bits per heavy atom. The molecule has 1 aromatic rings. The molecule has 23 heavy (non-hydrogen) atoms. The van der Waals surface area contributed by atoms with Crippen LogP contribution in [0.5, 0.6) is 11.5 Å². The number of carbonyl (C=O) groups excluding carboxylic acids is 1. The smallest absolute Gasteiger partial charge is 0.237 e. The molecule has 1 N–H and O–H groups in total. The van der Waals surface area contributed by atoms with Crippen molar-refractivity contribution in [2.45, 2.75) is 25.0 Å². The number of ether oxygens (including phenoxy) is 2. The fourth-order valence-electron chi connectivity index (χ4n) is 2.54. The molecule has 3 rings (SSSR count). The molecule has 1 aromatic carbocycles. The quantitative estimate of drug-likeness (QED) is 0.844. The maximum atomic E-state index is 12.3. The van der Waals surface area contributed by atoms with Crippen molar-refractivity contribution in [3.63, 3.8) is 0 Å². The van der Waals surface area contributed by atoms with Crippen molar-refractivity contribution in [2.24, 2.45) is 0 Å². The molecule has 124 valence electrons. The number of likely N-dealkylation sites (tertiary alicyclic amines) is 1. The number of hydrogen-bond acceptors (Lipinski definition) is 5. The van der Waals surface area contributed by atoms with Gasteiger partial charge in [0.25, 0.3) is 0 Å². The van der Waals surface area contributed by atoms with E-state index in [1.807, 2.05) is 19.1 Å². The largest absolute Gasteiger partial charge is 0.486 e. The molecule has 1 saturated heterocycles. The third-order valence-corrected chi connectivity index (χ3v) is 5.40. The average Bonchev–Trinajstić information content (AvgIpc) is 3.09. The van der Waals surface area contributed by atoms with E-state index in [4.69, 9.17) is 21.7 Å². The van der Waals surface area contributed by atoms with Crippen LogP contribution in [-0.4, -0.2) is 46.7 Å². The van der Waals surface area contributed by atoms with Crippen LogP contribution >= 0.6 is 24.0 Å². The van der Waals surface area contributed by atoms with Gasteiger partial charge < -0.3 is 19.7 Å². The van der Waals surface area contributed by atoms with Gasteiger partial charge in [0.15, 0.2) is 11.5 Å². The molecule has 0 saturated carbocycles. The van der Waals surface area contributed by atoms with Crippen LogP contribution in [0.3, 0.4) is 0 Å². The number of nitrogens with one attached hydrogen (secondary N) is 1. The van der Waals surface area contributed by atoms with Crippen LogP contribution in [0.25, 0.3) is 0 Å². The molecular formula is C16H20N2O3S2. The molecular weight excluding hydrogens is 332 g/mol. The summed E-state index contributed by atoms with van der Waals surface area (Å²) in [6.45, 7) is 4.96. The van der Waals surface area contributed by atoms with Crippen LogP contribution in [-0.2, 0) is 4.79 Å². The summed E-state index contributed by atoms with van der Waals surface area (Å²) in [5.41, 5.74) is 0.707. The molecule has 1 amide bonds. The zero-order valence-corrected chi connectivity index (χ0v) is 14.7. The summed E-state index contributed by atoms with van der Waals surface area (Å²) in [7, 11) is 0. The van der Waals surface area contributed by atoms with E-state index in [-0.39, 0.29) is 11.2 Å². The van der Waals surface area contributed by atoms with E-state index < -0.39 is 0 Å². The summed E-state index contributed by atoms with van der Waals surface area (Å²) in [4.78, 5) is 14.5. The van der Waals surface area contributed by atoms with Gasteiger partial charge in [0.2, 0.25) is 5.91 Å². The lowest BCUT2D eigenvalue weighted by Crippen LogP contribution is -2.29. The minimum atomic E-state index is -0.240. The van der Waals surface area contributed by atoms with Crippen LogP contribution in [0.15, 0.2) is 18.2 Å². The normalized spacial score (nSPS) is 17.7. The van der Waals surface area contributed by atoms with Gasteiger partial charge in [0.1, 0.15) is 17.5 Å². The van der Waals surface area contributed by atoms with Gasteiger partial charge in [-0.3, -0.25) is 4.79 Å². The van der Waals surface area contributed by atoms with Gasteiger partial charge in [0, 0.05) is 24.8 Å². The third-order valence-electron chi connectivity index (χ3n) is 3.82.